The van der Waals surface area contributed by atoms with Gasteiger partial charge in [0.1, 0.15) is 0 Å². The fourth-order valence-corrected chi connectivity index (χ4v) is 3.66. The van der Waals surface area contributed by atoms with Crippen molar-refractivity contribution in [3.8, 4) is 0 Å². The van der Waals surface area contributed by atoms with Gasteiger partial charge in [-0.3, -0.25) is 4.79 Å². The van der Waals surface area contributed by atoms with Crippen LogP contribution in [0.5, 0.6) is 0 Å². The molecule has 0 bridgehead atoms. The van der Waals surface area contributed by atoms with Gasteiger partial charge in [0, 0.05) is 18.7 Å². The zero-order chi connectivity index (χ0) is 14.9. The molecule has 1 aliphatic heterocycles. The summed E-state index contributed by atoms with van der Waals surface area (Å²) in [6.45, 7) is 0.823. The predicted octanol–water partition coefficient (Wildman–Crippen LogP) is 3.16. The van der Waals surface area contributed by atoms with Gasteiger partial charge in [-0.1, -0.05) is 19.3 Å². The number of ether oxygens (including phenoxy) is 1. The van der Waals surface area contributed by atoms with Crippen molar-refractivity contribution in [1.29, 1.82) is 0 Å². The van der Waals surface area contributed by atoms with E-state index in [0.29, 0.717) is 12.0 Å². The van der Waals surface area contributed by atoms with Crippen molar-refractivity contribution < 1.29 is 14.3 Å². The Kier molecular flexibility index (Phi) is 3.70. The molecule has 1 saturated heterocycles. The highest BCUT2D eigenvalue weighted by Crippen LogP contribution is 2.45. The summed E-state index contributed by atoms with van der Waals surface area (Å²) >= 11 is 0. The average molecular weight is 287 g/mol. The van der Waals surface area contributed by atoms with E-state index in [2.05, 4.69) is 0 Å². The third-order valence-corrected chi connectivity index (χ3v) is 4.84. The molecule has 0 atom stereocenters. The van der Waals surface area contributed by atoms with Crippen LogP contribution in [0.1, 0.15) is 48.9 Å². The number of hydrogen-bond acceptors (Lipinski definition) is 3. The van der Waals surface area contributed by atoms with E-state index in [9.17, 15) is 9.59 Å². The lowest BCUT2D eigenvalue weighted by molar-refractivity contribution is -0.118. The van der Waals surface area contributed by atoms with Crippen molar-refractivity contribution in [3.63, 3.8) is 0 Å². The molecule has 1 aromatic carbocycles. The largest absolute Gasteiger partial charge is 0.465 e. The molecule has 1 aliphatic carbocycles. The van der Waals surface area contributed by atoms with Crippen LogP contribution in [0.25, 0.3) is 0 Å². The minimum Gasteiger partial charge on any atom is -0.465 e. The molecular weight excluding hydrogens is 266 g/mol. The summed E-state index contributed by atoms with van der Waals surface area (Å²) in [5.74, 6) is -0.138. The molecule has 4 heteroatoms. The van der Waals surface area contributed by atoms with Crippen LogP contribution in [0.2, 0.25) is 0 Å². The van der Waals surface area contributed by atoms with Crippen molar-refractivity contribution in [2.24, 2.45) is 5.41 Å². The van der Waals surface area contributed by atoms with Crippen LogP contribution in [0.4, 0.5) is 5.69 Å². The van der Waals surface area contributed by atoms with Gasteiger partial charge in [-0.15, -0.1) is 0 Å². The van der Waals surface area contributed by atoms with Gasteiger partial charge < -0.3 is 9.64 Å². The zero-order valence-electron chi connectivity index (χ0n) is 12.4. The third kappa shape index (κ3) is 2.67. The molecule has 1 spiro atoms. The highest BCUT2D eigenvalue weighted by Gasteiger charge is 2.43. The summed E-state index contributed by atoms with van der Waals surface area (Å²) in [4.78, 5) is 25.7. The second kappa shape index (κ2) is 5.51. The lowest BCUT2D eigenvalue weighted by atomic mass is 9.73. The van der Waals surface area contributed by atoms with E-state index < -0.39 is 0 Å². The zero-order valence-corrected chi connectivity index (χ0v) is 12.4. The molecular formula is C17H21NO3. The Morgan fingerprint density at radius 2 is 1.81 bits per heavy atom. The number of esters is 1. The average Bonchev–Trinajstić information content (AvgIpc) is 2.83. The van der Waals surface area contributed by atoms with E-state index >= 15 is 0 Å². The van der Waals surface area contributed by atoms with Gasteiger partial charge in [0.25, 0.3) is 0 Å². The Balaban J connectivity index is 1.77. The second-order valence-corrected chi connectivity index (χ2v) is 6.26. The Labute approximate surface area is 125 Å². The molecule has 0 unspecified atom stereocenters. The normalized spacial score (nSPS) is 20.8. The van der Waals surface area contributed by atoms with E-state index in [-0.39, 0.29) is 17.3 Å². The molecule has 2 aliphatic rings. The van der Waals surface area contributed by atoms with Crippen molar-refractivity contribution in [2.45, 2.75) is 38.5 Å². The molecule has 3 rings (SSSR count). The quantitative estimate of drug-likeness (QED) is 0.785. The van der Waals surface area contributed by atoms with Crippen molar-refractivity contribution in [1.82, 2.24) is 0 Å². The van der Waals surface area contributed by atoms with E-state index in [4.69, 9.17) is 4.74 Å². The summed E-state index contributed by atoms with van der Waals surface area (Å²) in [5.41, 5.74) is 1.59. The highest BCUT2D eigenvalue weighted by molar-refractivity contribution is 5.97. The molecule has 1 saturated carbocycles. The van der Waals surface area contributed by atoms with E-state index in [1.54, 1.807) is 12.1 Å². The maximum atomic E-state index is 12.4. The number of amides is 1. The Morgan fingerprint density at radius 3 is 2.43 bits per heavy atom. The van der Waals surface area contributed by atoms with Gasteiger partial charge in [0.05, 0.1) is 12.7 Å². The number of hydrogen-bond donors (Lipinski definition) is 0. The molecule has 1 amide bonds. The van der Waals surface area contributed by atoms with Crippen LogP contribution >= 0.6 is 0 Å². The standard InChI is InChI=1S/C17H21NO3/c1-21-16(20)13-5-7-14(8-6-13)18-12-17(11-15(18)19)9-3-2-4-10-17/h5-8H,2-4,9-12H2,1H3. The lowest BCUT2D eigenvalue weighted by Gasteiger charge is -2.32. The van der Waals surface area contributed by atoms with Gasteiger partial charge in [0.2, 0.25) is 5.91 Å². The van der Waals surface area contributed by atoms with Crippen LogP contribution in [-0.2, 0) is 9.53 Å². The monoisotopic (exact) mass is 287 g/mol. The minimum absolute atomic E-state index is 0.191. The molecule has 2 fully saturated rings. The number of carbonyl (C=O) groups is 2. The summed E-state index contributed by atoms with van der Waals surface area (Å²) in [5, 5.41) is 0. The number of benzene rings is 1. The summed E-state index contributed by atoms with van der Waals surface area (Å²) < 4.78 is 4.69. The lowest BCUT2D eigenvalue weighted by Crippen LogP contribution is -2.29. The molecule has 0 radical (unpaired) electrons. The van der Waals surface area contributed by atoms with E-state index in [1.807, 2.05) is 17.0 Å². The smallest absolute Gasteiger partial charge is 0.337 e. The topological polar surface area (TPSA) is 46.6 Å². The first-order valence-corrected chi connectivity index (χ1v) is 7.62. The third-order valence-electron chi connectivity index (χ3n) is 4.84. The number of nitrogens with zero attached hydrogens (tertiary/aromatic N) is 1. The first-order valence-electron chi connectivity index (χ1n) is 7.62. The van der Waals surface area contributed by atoms with Crippen molar-refractivity contribution >= 4 is 17.6 Å². The van der Waals surface area contributed by atoms with Gasteiger partial charge in [-0.25, -0.2) is 4.79 Å². The van der Waals surface area contributed by atoms with E-state index in [1.165, 1.54) is 26.4 Å². The van der Waals surface area contributed by atoms with Crippen LogP contribution in [0, 0.1) is 5.41 Å². The van der Waals surface area contributed by atoms with E-state index in [0.717, 1.165) is 25.1 Å². The molecule has 4 nitrogen and oxygen atoms in total. The fraction of sp³-hybridized carbons (Fsp3) is 0.529. The summed E-state index contributed by atoms with van der Waals surface area (Å²) in [7, 11) is 1.37. The molecule has 0 N–H and O–H groups in total. The van der Waals surface area contributed by atoms with Gasteiger partial charge in [0.15, 0.2) is 0 Å². The summed E-state index contributed by atoms with van der Waals surface area (Å²) in [6.07, 6.45) is 6.77. The van der Waals surface area contributed by atoms with Crippen LogP contribution < -0.4 is 4.90 Å². The second-order valence-electron chi connectivity index (χ2n) is 6.26. The first-order chi connectivity index (χ1) is 10.1. The van der Waals surface area contributed by atoms with Crippen LogP contribution in [-0.4, -0.2) is 25.5 Å². The first kappa shape index (κ1) is 14.1. The molecule has 112 valence electrons. The van der Waals surface area contributed by atoms with Gasteiger partial charge >= 0.3 is 5.97 Å². The van der Waals surface area contributed by atoms with Crippen LogP contribution in [0.15, 0.2) is 24.3 Å². The number of carbonyl (C=O) groups excluding carboxylic acids is 2. The predicted molar refractivity (Wildman–Crippen MR) is 80.3 cm³/mol. The molecule has 21 heavy (non-hydrogen) atoms. The van der Waals surface area contributed by atoms with Crippen LogP contribution in [0.3, 0.4) is 0 Å². The van der Waals surface area contributed by atoms with Gasteiger partial charge in [-0.05, 0) is 42.5 Å². The number of methoxy groups -OCH3 is 1. The Hall–Kier alpha value is -1.84. The summed E-state index contributed by atoms with van der Waals surface area (Å²) in [6, 6.07) is 7.12. The minimum atomic E-state index is -0.349. The number of anilines is 1. The Bertz CT molecular complexity index is 544. The SMILES string of the molecule is COC(=O)c1ccc(N2CC3(CCCCC3)CC2=O)cc1. The number of rotatable bonds is 2. The molecule has 1 aromatic rings. The highest BCUT2D eigenvalue weighted by atomic mass is 16.5. The van der Waals surface area contributed by atoms with Crippen molar-refractivity contribution in [3.05, 3.63) is 29.8 Å². The van der Waals surface area contributed by atoms with Crippen molar-refractivity contribution in [2.75, 3.05) is 18.6 Å². The Morgan fingerprint density at radius 1 is 1.14 bits per heavy atom. The maximum absolute atomic E-state index is 12.4. The molecule has 0 aromatic heterocycles. The van der Waals surface area contributed by atoms with Gasteiger partial charge in [-0.2, -0.15) is 0 Å². The maximum Gasteiger partial charge on any atom is 0.337 e. The fourth-order valence-electron chi connectivity index (χ4n) is 3.66. The molecule has 1 heterocycles.